The summed E-state index contributed by atoms with van der Waals surface area (Å²) in [7, 11) is 0. The molecule has 32 heavy (non-hydrogen) atoms. The Morgan fingerprint density at radius 2 is 1.97 bits per heavy atom. The van der Waals surface area contributed by atoms with Crippen molar-refractivity contribution in [3.63, 3.8) is 0 Å². The normalized spacial score (nSPS) is 15.8. The summed E-state index contributed by atoms with van der Waals surface area (Å²) < 4.78 is 31.9. The van der Waals surface area contributed by atoms with Crippen molar-refractivity contribution in [3.8, 4) is 0 Å². The van der Waals surface area contributed by atoms with Crippen molar-refractivity contribution in [1.82, 2.24) is 19.6 Å². The van der Waals surface area contributed by atoms with Gasteiger partial charge in [0.05, 0.1) is 29.4 Å². The number of carboxylic acids is 1. The fraction of sp³-hybridized carbons (Fsp3) is 0.292. The first-order valence-electron chi connectivity index (χ1n) is 10.6. The number of halogens is 2. The largest absolute Gasteiger partial charge is 0.481 e. The summed E-state index contributed by atoms with van der Waals surface area (Å²) >= 11 is 0. The standard InChI is InChI=1S/C24H22F2N4O2/c1-14-22(11-15-5-7-16(25)8-6-15)30(28-27-14)17-9-10-21-19(12-23(31)32)18-3-2-4-20(26)24(18)29(21)13-17/h2-8,17H,9-13H2,1H3,(H,31,32). The van der Waals surface area contributed by atoms with Crippen LogP contribution < -0.4 is 0 Å². The number of hydrogen-bond donors (Lipinski definition) is 1. The van der Waals surface area contributed by atoms with E-state index in [1.54, 1.807) is 24.3 Å². The number of carbonyl (C=O) groups is 1. The summed E-state index contributed by atoms with van der Waals surface area (Å²) in [6, 6.07) is 11.1. The van der Waals surface area contributed by atoms with Crippen LogP contribution in [0, 0.1) is 18.6 Å². The van der Waals surface area contributed by atoms with Crippen LogP contribution in [0.5, 0.6) is 0 Å². The minimum atomic E-state index is -0.930. The van der Waals surface area contributed by atoms with Gasteiger partial charge in [0.15, 0.2) is 0 Å². The number of para-hydroxylation sites is 1. The van der Waals surface area contributed by atoms with Crippen molar-refractivity contribution in [2.24, 2.45) is 0 Å². The molecule has 164 valence electrons. The molecule has 4 aromatic rings. The highest BCUT2D eigenvalue weighted by atomic mass is 19.1. The number of aryl methyl sites for hydroxylation is 1. The van der Waals surface area contributed by atoms with E-state index >= 15 is 0 Å². The van der Waals surface area contributed by atoms with Crippen LogP contribution in [0.25, 0.3) is 10.9 Å². The topological polar surface area (TPSA) is 72.9 Å². The van der Waals surface area contributed by atoms with E-state index in [2.05, 4.69) is 10.3 Å². The van der Waals surface area contributed by atoms with Crippen molar-refractivity contribution in [1.29, 1.82) is 0 Å². The van der Waals surface area contributed by atoms with Crippen molar-refractivity contribution in [2.45, 2.75) is 45.2 Å². The number of carboxylic acid groups (broad SMARTS) is 1. The third-order valence-electron chi connectivity index (χ3n) is 6.31. The van der Waals surface area contributed by atoms with Gasteiger partial charge in [0.2, 0.25) is 0 Å². The lowest BCUT2D eigenvalue weighted by Crippen LogP contribution is -2.26. The molecule has 0 saturated carbocycles. The Bertz CT molecular complexity index is 1320. The van der Waals surface area contributed by atoms with Gasteiger partial charge in [0.1, 0.15) is 11.6 Å². The second-order valence-electron chi connectivity index (χ2n) is 8.30. The van der Waals surface area contributed by atoms with Crippen LogP contribution in [-0.4, -0.2) is 30.6 Å². The summed E-state index contributed by atoms with van der Waals surface area (Å²) in [6.45, 7) is 2.37. The van der Waals surface area contributed by atoms with E-state index < -0.39 is 5.97 Å². The molecule has 0 radical (unpaired) electrons. The van der Waals surface area contributed by atoms with Gasteiger partial charge >= 0.3 is 5.97 Å². The van der Waals surface area contributed by atoms with Gasteiger partial charge in [-0.25, -0.2) is 13.5 Å². The number of aliphatic carboxylic acids is 1. The molecule has 0 spiro atoms. The molecule has 1 aliphatic rings. The maximum Gasteiger partial charge on any atom is 0.307 e. The predicted molar refractivity (Wildman–Crippen MR) is 115 cm³/mol. The van der Waals surface area contributed by atoms with Crippen LogP contribution >= 0.6 is 0 Å². The van der Waals surface area contributed by atoms with Gasteiger partial charge in [0.25, 0.3) is 0 Å². The van der Waals surface area contributed by atoms with Crippen LogP contribution in [0.15, 0.2) is 42.5 Å². The molecular weight excluding hydrogens is 414 g/mol. The second kappa shape index (κ2) is 7.85. The average Bonchev–Trinajstić information content (AvgIpc) is 3.28. The molecule has 0 amide bonds. The molecule has 6 nitrogen and oxygen atoms in total. The quantitative estimate of drug-likeness (QED) is 0.508. The molecule has 1 unspecified atom stereocenters. The summed E-state index contributed by atoms with van der Waals surface area (Å²) in [5.74, 6) is -1.57. The first kappa shape index (κ1) is 20.4. The fourth-order valence-electron chi connectivity index (χ4n) is 4.82. The smallest absolute Gasteiger partial charge is 0.307 e. The van der Waals surface area contributed by atoms with Crippen LogP contribution in [0.2, 0.25) is 0 Å². The first-order valence-corrected chi connectivity index (χ1v) is 10.6. The van der Waals surface area contributed by atoms with E-state index in [-0.39, 0.29) is 24.1 Å². The SMILES string of the molecule is Cc1nnn(C2CCc3c(CC(=O)O)c4cccc(F)c4n3C2)c1Cc1ccc(F)cc1. The van der Waals surface area contributed by atoms with Gasteiger partial charge in [-0.05, 0) is 49.1 Å². The molecule has 0 saturated heterocycles. The molecule has 3 heterocycles. The van der Waals surface area contributed by atoms with Gasteiger partial charge in [-0.2, -0.15) is 0 Å². The molecule has 0 fully saturated rings. The number of nitrogens with zero attached hydrogens (tertiary/aromatic N) is 4. The fourth-order valence-corrected chi connectivity index (χ4v) is 4.82. The lowest BCUT2D eigenvalue weighted by Gasteiger charge is -2.27. The number of fused-ring (bicyclic) bond motifs is 3. The van der Waals surface area contributed by atoms with Gasteiger partial charge in [0, 0.05) is 24.0 Å². The minimum absolute atomic E-state index is 0.0490. The number of benzene rings is 2. The summed E-state index contributed by atoms with van der Waals surface area (Å²) in [6.07, 6.45) is 1.79. The van der Waals surface area contributed by atoms with Crippen molar-refractivity contribution < 1.29 is 18.7 Å². The molecule has 1 atom stereocenters. The Labute approximate surface area is 183 Å². The predicted octanol–water partition coefficient (Wildman–Crippen LogP) is 4.22. The molecule has 0 bridgehead atoms. The Kier molecular flexibility index (Phi) is 5.00. The van der Waals surface area contributed by atoms with E-state index in [1.807, 2.05) is 16.2 Å². The zero-order valence-corrected chi connectivity index (χ0v) is 17.6. The summed E-state index contributed by atoms with van der Waals surface area (Å²) in [5.41, 5.74) is 4.70. The number of hydrogen-bond acceptors (Lipinski definition) is 3. The van der Waals surface area contributed by atoms with Crippen LogP contribution in [0.3, 0.4) is 0 Å². The summed E-state index contributed by atoms with van der Waals surface area (Å²) in [5, 5.41) is 18.7. The zero-order chi connectivity index (χ0) is 22.4. The van der Waals surface area contributed by atoms with E-state index in [1.165, 1.54) is 18.2 Å². The molecular formula is C24H22F2N4O2. The van der Waals surface area contributed by atoms with E-state index in [4.69, 9.17) is 0 Å². The van der Waals surface area contributed by atoms with Gasteiger partial charge in [-0.1, -0.05) is 29.5 Å². The third kappa shape index (κ3) is 3.45. The average molecular weight is 436 g/mol. The zero-order valence-electron chi connectivity index (χ0n) is 17.6. The highest BCUT2D eigenvalue weighted by molar-refractivity contribution is 5.89. The molecule has 5 rings (SSSR count). The Morgan fingerprint density at radius 3 is 2.72 bits per heavy atom. The van der Waals surface area contributed by atoms with Crippen molar-refractivity contribution in [3.05, 3.63) is 82.3 Å². The maximum absolute atomic E-state index is 14.8. The Balaban J connectivity index is 1.54. The van der Waals surface area contributed by atoms with Crippen LogP contribution in [0.1, 0.15) is 40.7 Å². The second-order valence-corrected chi connectivity index (χ2v) is 8.30. The van der Waals surface area contributed by atoms with Gasteiger partial charge in [-0.3, -0.25) is 4.79 Å². The third-order valence-corrected chi connectivity index (χ3v) is 6.31. The highest BCUT2D eigenvalue weighted by Crippen LogP contribution is 2.36. The van der Waals surface area contributed by atoms with Gasteiger partial charge < -0.3 is 9.67 Å². The first-order chi connectivity index (χ1) is 15.4. The monoisotopic (exact) mass is 436 g/mol. The minimum Gasteiger partial charge on any atom is -0.481 e. The molecule has 2 aromatic carbocycles. The molecule has 2 aromatic heterocycles. The number of aromatic nitrogens is 4. The lowest BCUT2D eigenvalue weighted by atomic mass is 9.99. The number of rotatable bonds is 5. The van der Waals surface area contributed by atoms with E-state index in [0.717, 1.165) is 29.1 Å². The molecule has 1 N–H and O–H groups in total. The highest BCUT2D eigenvalue weighted by Gasteiger charge is 2.29. The van der Waals surface area contributed by atoms with E-state index in [0.29, 0.717) is 35.9 Å². The Morgan fingerprint density at radius 1 is 1.19 bits per heavy atom. The van der Waals surface area contributed by atoms with E-state index in [9.17, 15) is 18.7 Å². The van der Waals surface area contributed by atoms with Crippen LogP contribution in [-0.2, 0) is 30.6 Å². The molecule has 0 aliphatic carbocycles. The summed E-state index contributed by atoms with van der Waals surface area (Å²) in [4.78, 5) is 11.5. The molecule has 1 aliphatic heterocycles. The van der Waals surface area contributed by atoms with Crippen LogP contribution in [0.4, 0.5) is 8.78 Å². The molecule has 8 heteroatoms. The van der Waals surface area contributed by atoms with Crippen molar-refractivity contribution in [2.75, 3.05) is 0 Å². The Hall–Kier alpha value is -3.55. The van der Waals surface area contributed by atoms with Gasteiger partial charge in [-0.15, -0.1) is 5.10 Å². The van der Waals surface area contributed by atoms with Crippen molar-refractivity contribution >= 4 is 16.9 Å². The lowest BCUT2D eigenvalue weighted by molar-refractivity contribution is -0.136. The maximum atomic E-state index is 14.8.